The topological polar surface area (TPSA) is 80.0 Å². The maximum atomic E-state index is 12.8. The zero-order chi connectivity index (χ0) is 21.6. The van der Waals surface area contributed by atoms with E-state index in [2.05, 4.69) is 0 Å². The van der Waals surface area contributed by atoms with Gasteiger partial charge in [0.1, 0.15) is 11.3 Å². The van der Waals surface area contributed by atoms with E-state index >= 15 is 0 Å². The zero-order valence-electron chi connectivity index (χ0n) is 17.6. The number of aliphatic hydroxyl groups is 1. The Bertz CT molecular complexity index is 1080. The Balaban J connectivity index is 1.31. The molecular formula is C24H28ClNO5. The maximum absolute atomic E-state index is 12.8. The molecule has 1 amide bonds. The molecule has 0 unspecified atom stereocenters. The van der Waals surface area contributed by atoms with Crippen molar-refractivity contribution in [3.05, 3.63) is 38.7 Å². The fraction of sp³-hybridized carbons (Fsp3) is 0.583. The molecule has 2 atom stereocenters. The van der Waals surface area contributed by atoms with Crippen LogP contribution in [0.3, 0.4) is 0 Å². The van der Waals surface area contributed by atoms with Gasteiger partial charge >= 0.3 is 5.63 Å². The van der Waals surface area contributed by atoms with Gasteiger partial charge in [-0.3, -0.25) is 4.79 Å². The van der Waals surface area contributed by atoms with Crippen molar-refractivity contribution in [1.29, 1.82) is 0 Å². The molecule has 1 N–H and O–H groups in total. The first kappa shape index (κ1) is 20.8. The van der Waals surface area contributed by atoms with E-state index in [1.807, 2.05) is 0 Å². The third-order valence-corrected chi connectivity index (χ3v) is 7.70. The molecule has 7 heteroatoms. The van der Waals surface area contributed by atoms with Gasteiger partial charge in [0.25, 0.3) is 5.91 Å². The fourth-order valence-corrected chi connectivity index (χ4v) is 5.80. The minimum Gasteiger partial charge on any atom is -0.482 e. The number of carbonyl (C=O) groups is 1. The van der Waals surface area contributed by atoms with Gasteiger partial charge in [-0.05, 0) is 56.6 Å². The van der Waals surface area contributed by atoms with Crippen LogP contribution in [-0.2, 0) is 17.6 Å². The third kappa shape index (κ3) is 3.85. The molecule has 1 saturated carbocycles. The molecule has 6 nitrogen and oxygen atoms in total. The van der Waals surface area contributed by atoms with E-state index in [1.165, 1.54) is 0 Å². The number of hydrogen-bond donors (Lipinski definition) is 1. The Morgan fingerprint density at radius 1 is 1.19 bits per heavy atom. The highest BCUT2D eigenvalue weighted by Gasteiger charge is 2.43. The predicted molar refractivity (Wildman–Crippen MR) is 118 cm³/mol. The summed E-state index contributed by atoms with van der Waals surface area (Å²) in [6, 6.07) is 3.41. The first-order valence-corrected chi connectivity index (χ1v) is 11.7. The van der Waals surface area contributed by atoms with Gasteiger partial charge < -0.3 is 19.2 Å². The van der Waals surface area contributed by atoms with E-state index < -0.39 is 5.60 Å². The lowest BCUT2D eigenvalue weighted by atomic mass is 9.71. The van der Waals surface area contributed by atoms with E-state index in [4.69, 9.17) is 20.8 Å². The van der Waals surface area contributed by atoms with Crippen molar-refractivity contribution in [3.63, 3.8) is 0 Å². The highest BCUT2D eigenvalue weighted by molar-refractivity contribution is 6.32. The summed E-state index contributed by atoms with van der Waals surface area (Å²) in [4.78, 5) is 26.9. The summed E-state index contributed by atoms with van der Waals surface area (Å²) in [6.07, 6.45) is 8.20. The number of fused-ring (bicyclic) bond motifs is 4. The largest absolute Gasteiger partial charge is 0.482 e. The van der Waals surface area contributed by atoms with E-state index in [9.17, 15) is 14.7 Å². The van der Waals surface area contributed by atoms with Crippen LogP contribution in [0.4, 0.5) is 0 Å². The van der Waals surface area contributed by atoms with E-state index in [-0.39, 0.29) is 24.1 Å². The molecular weight excluding hydrogens is 418 g/mol. The predicted octanol–water partition coefficient (Wildman–Crippen LogP) is 3.86. The normalized spacial score (nSPS) is 25.7. The van der Waals surface area contributed by atoms with Crippen LogP contribution in [0.5, 0.6) is 5.75 Å². The molecule has 5 rings (SSSR count). The van der Waals surface area contributed by atoms with Gasteiger partial charge in [-0.1, -0.05) is 24.4 Å². The van der Waals surface area contributed by atoms with Gasteiger partial charge in [0, 0.05) is 36.0 Å². The van der Waals surface area contributed by atoms with Crippen LogP contribution in [0.1, 0.15) is 56.1 Å². The van der Waals surface area contributed by atoms with Crippen LogP contribution in [0.2, 0.25) is 5.02 Å². The van der Waals surface area contributed by atoms with Crippen molar-refractivity contribution < 1.29 is 19.1 Å². The first-order valence-electron chi connectivity index (χ1n) is 11.4. The van der Waals surface area contributed by atoms with Crippen LogP contribution >= 0.6 is 11.6 Å². The lowest BCUT2D eigenvalue weighted by Crippen LogP contribution is -2.55. The van der Waals surface area contributed by atoms with Gasteiger partial charge in [0.15, 0.2) is 6.61 Å². The second-order valence-corrected chi connectivity index (χ2v) is 9.66. The number of ether oxygens (including phenoxy) is 1. The lowest BCUT2D eigenvalue weighted by molar-refractivity contribution is -0.145. The molecule has 3 aliphatic rings. The summed E-state index contributed by atoms with van der Waals surface area (Å²) in [5.41, 5.74) is 1.32. The third-order valence-electron chi connectivity index (χ3n) is 7.41. The van der Waals surface area contributed by atoms with Crippen molar-refractivity contribution in [2.24, 2.45) is 5.92 Å². The Morgan fingerprint density at radius 3 is 2.84 bits per heavy atom. The smallest absolute Gasteiger partial charge is 0.339 e. The maximum Gasteiger partial charge on any atom is 0.339 e. The Hall–Kier alpha value is -2.05. The molecule has 31 heavy (non-hydrogen) atoms. The van der Waals surface area contributed by atoms with Gasteiger partial charge in [-0.25, -0.2) is 4.79 Å². The average molecular weight is 446 g/mol. The second kappa shape index (κ2) is 8.14. The molecule has 2 aliphatic carbocycles. The Kier molecular flexibility index (Phi) is 5.47. The second-order valence-electron chi connectivity index (χ2n) is 9.26. The quantitative estimate of drug-likeness (QED) is 0.725. The molecule has 1 aliphatic heterocycles. The fourth-order valence-electron chi connectivity index (χ4n) is 5.58. The zero-order valence-corrected chi connectivity index (χ0v) is 18.4. The number of nitrogens with zero attached hydrogens (tertiary/aromatic N) is 1. The first-order chi connectivity index (χ1) is 14.9. The summed E-state index contributed by atoms with van der Waals surface area (Å²) in [7, 11) is 0. The SMILES string of the molecule is O=C(COc1cc2oc(=O)c3c(c2cc1Cl)CCCC3)N1CC[C@@]2(O)CCCC[C@H]2C1. The highest BCUT2D eigenvalue weighted by Crippen LogP contribution is 2.40. The molecule has 0 spiro atoms. The monoisotopic (exact) mass is 445 g/mol. The Morgan fingerprint density at radius 2 is 2.00 bits per heavy atom. The van der Waals surface area contributed by atoms with Crippen LogP contribution in [0.25, 0.3) is 11.0 Å². The van der Waals surface area contributed by atoms with Crippen LogP contribution in [0.15, 0.2) is 21.3 Å². The number of likely N-dealkylation sites (tertiary alicyclic amines) is 1. The van der Waals surface area contributed by atoms with E-state index in [1.54, 1.807) is 17.0 Å². The summed E-state index contributed by atoms with van der Waals surface area (Å²) in [5.74, 6) is 0.368. The minimum absolute atomic E-state index is 0.115. The lowest BCUT2D eigenvalue weighted by Gasteiger charge is -2.47. The number of aryl methyl sites for hydroxylation is 1. The van der Waals surface area contributed by atoms with Crippen LogP contribution in [0, 0.1) is 5.92 Å². The number of carbonyl (C=O) groups excluding carboxylic acids is 1. The number of benzene rings is 1. The van der Waals surface area contributed by atoms with Gasteiger partial charge in [0.2, 0.25) is 0 Å². The van der Waals surface area contributed by atoms with Crippen LogP contribution in [-0.4, -0.2) is 41.2 Å². The molecule has 166 valence electrons. The van der Waals surface area contributed by atoms with Crippen molar-refractivity contribution in [2.45, 2.75) is 63.4 Å². The van der Waals surface area contributed by atoms with Crippen molar-refractivity contribution in [3.8, 4) is 5.75 Å². The summed E-state index contributed by atoms with van der Waals surface area (Å²) in [6.45, 7) is 0.984. The Labute approximate surface area is 186 Å². The molecule has 2 heterocycles. The van der Waals surface area contributed by atoms with Gasteiger partial charge in [0.05, 0.1) is 10.6 Å². The van der Waals surface area contributed by atoms with Crippen molar-refractivity contribution in [1.82, 2.24) is 4.90 Å². The van der Waals surface area contributed by atoms with Crippen molar-refractivity contribution in [2.75, 3.05) is 19.7 Å². The summed E-state index contributed by atoms with van der Waals surface area (Å²) < 4.78 is 11.3. The van der Waals surface area contributed by atoms with Gasteiger partial charge in [-0.2, -0.15) is 0 Å². The number of amides is 1. The number of hydrogen-bond acceptors (Lipinski definition) is 5. The standard InChI is InChI=1S/C24H28ClNO5/c25-19-11-18-16-6-1-2-7-17(16)23(28)31-20(18)12-21(19)30-14-22(27)26-10-9-24(29)8-4-3-5-15(24)13-26/h11-12,15,29H,1-10,13-14H2/t15-,24-/m0/s1. The highest BCUT2D eigenvalue weighted by atomic mass is 35.5. The number of piperidine rings is 1. The van der Waals surface area contributed by atoms with E-state index in [0.29, 0.717) is 35.9 Å². The molecule has 2 aromatic rings. The molecule has 2 fully saturated rings. The van der Waals surface area contributed by atoms with Gasteiger partial charge in [-0.15, -0.1) is 0 Å². The molecule has 0 bridgehead atoms. The molecule has 1 aromatic heterocycles. The number of halogens is 1. The summed E-state index contributed by atoms with van der Waals surface area (Å²) >= 11 is 6.46. The molecule has 1 saturated heterocycles. The van der Waals surface area contributed by atoms with Crippen LogP contribution < -0.4 is 10.4 Å². The van der Waals surface area contributed by atoms with Crippen molar-refractivity contribution >= 4 is 28.5 Å². The van der Waals surface area contributed by atoms with E-state index in [0.717, 1.165) is 67.9 Å². The minimum atomic E-state index is -0.617. The summed E-state index contributed by atoms with van der Waals surface area (Å²) in [5, 5.41) is 12.1. The molecule has 1 aromatic carbocycles. The average Bonchev–Trinajstić information content (AvgIpc) is 2.77. The molecule has 0 radical (unpaired) electrons. The number of rotatable bonds is 3.